The Morgan fingerprint density at radius 2 is 1.19 bits per heavy atom. The Morgan fingerprint density at radius 3 is 1.69 bits per heavy atom. The third-order valence-electron chi connectivity index (χ3n) is 3.27. The second-order valence-corrected chi connectivity index (χ2v) is 5.75. The maximum absolute atomic E-state index is 11.7. The Hall–Kier alpha value is -1.51. The van der Waals surface area contributed by atoms with Crippen molar-refractivity contribution in [2.45, 2.75) is 0 Å². The van der Waals surface area contributed by atoms with Crippen LogP contribution in [0.15, 0.2) is 30.3 Å². The molecule has 0 saturated carbocycles. The van der Waals surface area contributed by atoms with Gasteiger partial charge in [0.2, 0.25) is 0 Å². The summed E-state index contributed by atoms with van der Waals surface area (Å²) < 4.78 is 26.6. The number of hydrogen-bond donors (Lipinski definition) is 0. The maximum Gasteiger partial charge on any atom is 0.338 e. The average molecular weight is 369 g/mol. The molecule has 0 aromatic heterocycles. The first kappa shape index (κ1) is 22.5. The van der Waals surface area contributed by atoms with Gasteiger partial charge in [0.05, 0.1) is 58.4 Å². The van der Waals surface area contributed by atoms with E-state index in [1.54, 1.807) is 24.3 Å². The standard InChI is InChI=1S/C19H31NO6/c1-20(2)8-9-22-10-11-23-12-13-24-14-15-25-16-17-26-19(21)18-6-4-3-5-7-18/h3-7H,8-17H2,1-2H3. The van der Waals surface area contributed by atoms with E-state index in [9.17, 15) is 4.79 Å². The lowest BCUT2D eigenvalue weighted by atomic mass is 10.2. The zero-order valence-corrected chi connectivity index (χ0v) is 15.9. The third kappa shape index (κ3) is 12.8. The lowest BCUT2D eigenvalue weighted by molar-refractivity contribution is -0.00962. The fraction of sp³-hybridized carbons (Fsp3) is 0.632. The molecule has 1 rings (SSSR count). The first-order chi connectivity index (χ1) is 12.7. The highest BCUT2D eigenvalue weighted by Crippen LogP contribution is 2.00. The van der Waals surface area contributed by atoms with Gasteiger partial charge in [0, 0.05) is 6.54 Å². The summed E-state index contributed by atoms with van der Waals surface area (Å²) in [7, 11) is 4.02. The zero-order chi connectivity index (χ0) is 18.9. The van der Waals surface area contributed by atoms with E-state index in [0.29, 0.717) is 58.4 Å². The van der Waals surface area contributed by atoms with Gasteiger partial charge in [-0.25, -0.2) is 4.79 Å². The molecule has 1 aromatic rings. The lowest BCUT2D eigenvalue weighted by Gasteiger charge is -2.10. The van der Waals surface area contributed by atoms with E-state index >= 15 is 0 Å². The molecule has 7 nitrogen and oxygen atoms in total. The predicted octanol–water partition coefficient (Wildman–Crippen LogP) is 1.47. The van der Waals surface area contributed by atoms with Crippen molar-refractivity contribution in [1.29, 1.82) is 0 Å². The summed E-state index contributed by atoms with van der Waals surface area (Å²) in [5, 5.41) is 0. The van der Waals surface area contributed by atoms with Crippen LogP contribution in [0.2, 0.25) is 0 Å². The highest BCUT2D eigenvalue weighted by molar-refractivity contribution is 5.89. The molecule has 0 aliphatic carbocycles. The van der Waals surface area contributed by atoms with Gasteiger partial charge in [0.1, 0.15) is 6.61 Å². The summed E-state index contributed by atoms with van der Waals surface area (Å²) in [6, 6.07) is 8.88. The molecule has 0 radical (unpaired) electrons. The smallest absolute Gasteiger partial charge is 0.338 e. The molecule has 26 heavy (non-hydrogen) atoms. The quantitative estimate of drug-likeness (QED) is 0.323. The molecular weight excluding hydrogens is 338 g/mol. The molecule has 0 N–H and O–H groups in total. The van der Waals surface area contributed by atoms with Gasteiger partial charge in [-0.2, -0.15) is 0 Å². The monoisotopic (exact) mass is 369 g/mol. The molecule has 0 saturated heterocycles. The van der Waals surface area contributed by atoms with E-state index in [1.807, 2.05) is 20.2 Å². The number of likely N-dealkylation sites (N-methyl/N-ethyl adjacent to an activating group) is 1. The van der Waals surface area contributed by atoms with E-state index in [-0.39, 0.29) is 12.6 Å². The normalized spacial score (nSPS) is 11.0. The van der Waals surface area contributed by atoms with Crippen molar-refractivity contribution in [3.63, 3.8) is 0 Å². The molecule has 0 fully saturated rings. The van der Waals surface area contributed by atoms with Crippen LogP contribution in [-0.2, 0) is 23.7 Å². The first-order valence-electron chi connectivity index (χ1n) is 8.88. The van der Waals surface area contributed by atoms with Crippen LogP contribution in [0.5, 0.6) is 0 Å². The van der Waals surface area contributed by atoms with Gasteiger partial charge in [0.25, 0.3) is 0 Å². The van der Waals surface area contributed by atoms with Crippen LogP contribution >= 0.6 is 0 Å². The number of ether oxygens (including phenoxy) is 5. The van der Waals surface area contributed by atoms with Crippen molar-refractivity contribution >= 4 is 5.97 Å². The van der Waals surface area contributed by atoms with Crippen molar-refractivity contribution in [1.82, 2.24) is 4.90 Å². The maximum atomic E-state index is 11.7. The lowest BCUT2D eigenvalue weighted by Crippen LogP contribution is -2.19. The Kier molecular flexibility index (Phi) is 13.6. The molecule has 1 aromatic carbocycles. The van der Waals surface area contributed by atoms with Crippen LogP contribution in [0.1, 0.15) is 10.4 Å². The molecule has 0 bridgehead atoms. The van der Waals surface area contributed by atoms with Gasteiger partial charge in [0.15, 0.2) is 0 Å². The number of carbonyl (C=O) groups excluding carboxylic acids is 1. The summed E-state index contributed by atoms with van der Waals surface area (Å²) in [5.41, 5.74) is 0.541. The van der Waals surface area contributed by atoms with Gasteiger partial charge >= 0.3 is 5.97 Å². The molecule has 0 aliphatic rings. The number of nitrogens with zero attached hydrogens (tertiary/aromatic N) is 1. The Labute approximate surface area is 156 Å². The van der Waals surface area contributed by atoms with Crippen molar-refractivity contribution < 1.29 is 28.5 Å². The van der Waals surface area contributed by atoms with Crippen LogP contribution in [0.4, 0.5) is 0 Å². The topological polar surface area (TPSA) is 66.5 Å². The fourth-order valence-electron chi connectivity index (χ4n) is 1.86. The largest absolute Gasteiger partial charge is 0.460 e. The second kappa shape index (κ2) is 15.7. The van der Waals surface area contributed by atoms with Crippen molar-refractivity contribution in [3.8, 4) is 0 Å². The minimum absolute atomic E-state index is 0.227. The van der Waals surface area contributed by atoms with Crippen LogP contribution in [0, 0.1) is 0 Å². The van der Waals surface area contributed by atoms with Gasteiger partial charge in [-0.1, -0.05) is 18.2 Å². The summed E-state index contributed by atoms with van der Waals surface area (Å²) in [5.74, 6) is -0.340. The number of rotatable bonds is 16. The molecule has 0 spiro atoms. The first-order valence-corrected chi connectivity index (χ1v) is 8.88. The molecule has 148 valence electrons. The number of benzene rings is 1. The molecule has 7 heteroatoms. The van der Waals surface area contributed by atoms with Gasteiger partial charge in [-0.3, -0.25) is 0 Å². The zero-order valence-electron chi connectivity index (χ0n) is 15.9. The molecular formula is C19H31NO6. The minimum Gasteiger partial charge on any atom is -0.460 e. The van der Waals surface area contributed by atoms with Gasteiger partial charge < -0.3 is 28.6 Å². The highest BCUT2D eigenvalue weighted by atomic mass is 16.6. The van der Waals surface area contributed by atoms with Crippen molar-refractivity contribution in [2.24, 2.45) is 0 Å². The van der Waals surface area contributed by atoms with E-state index in [1.165, 1.54) is 0 Å². The predicted molar refractivity (Wildman–Crippen MR) is 98.6 cm³/mol. The SMILES string of the molecule is CN(C)CCOCCOCCOCCOCCOC(=O)c1ccccc1. The Balaban J connectivity index is 1.78. The van der Waals surface area contributed by atoms with E-state index in [0.717, 1.165) is 6.54 Å². The van der Waals surface area contributed by atoms with Gasteiger partial charge in [-0.15, -0.1) is 0 Å². The van der Waals surface area contributed by atoms with Gasteiger partial charge in [-0.05, 0) is 26.2 Å². The molecule has 0 unspecified atom stereocenters. The third-order valence-corrected chi connectivity index (χ3v) is 3.27. The molecule has 0 amide bonds. The highest BCUT2D eigenvalue weighted by Gasteiger charge is 2.04. The minimum atomic E-state index is -0.340. The van der Waals surface area contributed by atoms with Crippen LogP contribution in [0.25, 0.3) is 0 Å². The van der Waals surface area contributed by atoms with Crippen molar-refractivity contribution in [2.75, 3.05) is 80.1 Å². The summed E-state index contributed by atoms with van der Waals surface area (Å²) in [6.45, 7) is 5.35. The fourth-order valence-corrected chi connectivity index (χ4v) is 1.86. The summed E-state index contributed by atoms with van der Waals surface area (Å²) in [6.07, 6.45) is 0. The summed E-state index contributed by atoms with van der Waals surface area (Å²) >= 11 is 0. The molecule has 0 atom stereocenters. The van der Waals surface area contributed by atoms with E-state index in [4.69, 9.17) is 23.7 Å². The van der Waals surface area contributed by atoms with Crippen LogP contribution in [-0.4, -0.2) is 91.0 Å². The Morgan fingerprint density at radius 1 is 0.731 bits per heavy atom. The molecule has 0 aliphatic heterocycles. The Bertz CT molecular complexity index is 455. The van der Waals surface area contributed by atoms with Crippen molar-refractivity contribution in [3.05, 3.63) is 35.9 Å². The second-order valence-electron chi connectivity index (χ2n) is 5.75. The van der Waals surface area contributed by atoms with E-state index < -0.39 is 0 Å². The number of hydrogen-bond acceptors (Lipinski definition) is 7. The number of esters is 1. The number of carbonyl (C=O) groups is 1. The average Bonchev–Trinajstić information content (AvgIpc) is 2.65. The van der Waals surface area contributed by atoms with Crippen LogP contribution < -0.4 is 0 Å². The van der Waals surface area contributed by atoms with E-state index in [2.05, 4.69) is 4.90 Å². The molecule has 0 heterocycles. The summed E-state index contributed by atoms with van der Waals surface area (Å²) in [4.78, 5) is 13.7. The van der Waals surface area contributed by atoms with Crippen LogP contribution in [0.3, 0.4) is 0 Å².